The summed E-state index contributed by atoms with van der Waals surface area (Å²) in [5.74, 6) is -0.630. The van der Waals surface area contributed by atoms with E-state index in [1.54, 1.807) is 0 Å². The second-order valence-corrected chi connectivity index (χ2v) is 7.30. The fraction of sp³-hybridized carbons (Fsp3) is 0.455. The van der Waals surface area contributed by atoms with Gasteiger partial charge in [0.2, 0.25) is 10.0 Å². The lowest BCUT2D eigenvalue weighted by Gasteiger charge is -2.36. The van der Waals surface area contributed by atoms with E-state index in [1.807, 2.05) is 0 Å². The van der Waals surface area contributed by atoms with E-state index >= 15 is 0 Å². The molecule has 19 heavy (non-hydrogen) atoms. The molecule has 1 saturated carbocycles. The topological polar surface area (TPSA) is 92.4 Å². The van der Waals surface area contributed by atoms with E-state index < -0.39 is 21.4 Å². The fourth-order valence-corrected chi connectivity index (χ4v) is 3.60. The molecule has 0 aliphatic heterocycles. The van der Waals surface area contributed by atoms with Crippen molar-refractivity contribution in [2.24, 2.45) is 0 Å². The summed E-state index contributed by atoms with van der Waals surface area (Å²) in [6, 6.07) is 2.05. The largest absolute Gasteiger partial charge is 0.398 e. The van der Waals surface area contributed by atoms with Crippen LogP contribution in [0.25, 0.3) is 0 Å². The molecule has 0 spiro atoms. The van der Waals surface area contributed by atoms with Gasteiger partial charge in [0, 0.05) is 6.54 Å². The number of benzene rings is 1. The van der Waals surface area contributed by atoms with E-state index in [0.29, 0.717) is 12.8 Å². The number of nitrogens with two attached hydrogens (primary N) is 1. The van der Waals surface area contributed by atoms with Crippen LogP contribution >= 0.6 is 15.9 Å². The average molecular weight is 353 g/mol. The average Bonchev–Trinajstić information content (AvgIpc) is 2.28. The third kappa shape index (κ3) is 3.07. The number of aliphatic hydroxyl groups is 1. The summed E-state index contributed by atoms with van der Waals surface area (Å²) < 4.78 is 39.6. The molecule has 0 heterocycles. The Labute approximate surface area is 119 Å². The van der Waals surface area contributed by atoms with Crippen molar-refractivity contribution in [3.05, 3.63) is 22.4 Å². The standard InChI is InChI=1S/C11H14BrFN2O3S/c12-7-4-10(9(14)5-8(7)13)19(17,18)15-6-11(16)2-1-3-11/h4-5,15-16H,1-3,6,14H2. The number of nitrogen functional groups attached to an aromatic ring is 1. The van der Waals surface area contributed by atoms with Crippen LogP contribution in [0.3, 0.4) is 0 Å². The van der Waals surface area contributed by atoms with E-state index in [9.17, 15) is 17.9 Å². The predicted octanol–water partition coefficient (Wildman–Crippen LogP) is 1.36. The van der Waals surface area contributed by atoms with E-state index in [2.05, 4.69) is 20.7 Å². The molecule has 0 unspecified atom stereocenters. The Bertz CT molecular complexity index is 602. The molecule has 8 heteroatoms. The van der Waals surface area contributed by atoms with E-state index in [0.717, 1.165) is 18.6 Å². The zero-order valence-corrected chi connectivity index (χ0v) is 12.4. The quantitative estimate of drug-likeness (QED) is 0.713. The Morgan fingerprint density at radius 1 is 1.47 bits per heavy atom. The van der Waals surface area contributed by atoms with Crippen LogP contribution in [0, 0.1) is 5.82 Å². The maximum absolute atomic E-state index is 13.2. The SMILES string of the molecule is Nc1cc(F)c(Br)cc1S(=O)(=O)NCC1(O)CCC1. The minimum atomic E-state index is -3.87. The monoisotopic (exact) mass is 352 g/mol. The van der Waals surface area contributed by atoms with Gasteiger partial charge < -0.3 is 10.8 Å². The molecule has 1 aliphatic carbocycles. The summed E-state index contributed by atoms with van der Waals surface area (Å²) in [4.78, 5) is -0.205. The van der Waals surface area contributed by atoms with Gasteiger partial charge >= 0.3 is 0 Å². The first-order chi connectivity index (χ1) is 8.73. The van der Waals surface area contributed by atoms with Crippen molar-refractivity contribution < 1.29 is 17.9 Å². The lowest BCUT2D eigenvalue weighted by atomic mass is 9.81. The molecule has 1 aromatic carbocycles. The first-order valence-electron chi connectivity index (χ1n) is 5.70. The summed E-state index contributed by atoms with van der Waals surface area (Å²) in [6.45, 7) is -0.0657. The molecule has 0 amide bonds. The van der Waals surface area contributed by atoms with Crippen molar-refractivity contribution in [2.75, 3.05) is 12.3 Å². The number of rotatable bonds is 4. The third-order valence-electron chi connectivity index (χ3n) is 3.22. The zero-order chi connectivity index (χ0) is 14.3. The number of hydrogen-bond donors (Lipinski definition) is 3. The highest BCUT2D eigenvalue weighted by atomic mass is 79.9. The fourth-order valence-electron chi connectivity index (χ4n) is 1.85. The molecular formula is C11H14BrFN2O3S. The molecule has 1 aromatic rings. The van der Waals surface area contributed by atoms with Crippen LogP contribution in [0.2, 0.25) is 0 Å². The number of sulfonamides is 1. The van der Waals surface area contributed by atoms with Crippen molar-refractivity contribution in [1.82, 2.24) is 4.72 Å². The van der Waals surface area contributed by atoms with Crippen LogP contribution < -0.4 is 10.5 Å². The van der Waals surface area contributed by atoms with Crippen LogP contribution in [-0.2, 0) is 10.0 Å². The Balaban J connectivity index is 2.22. The van der Waals surface area contributed by atoms with E-state index in [1.165, 1.54) is 0 Å². The third-order valence-corrected chi connectivity index (χ3v) is 5.28. The Kier molecular flexibility index (Phi) is 3.87. The Hall–Kier alpha value is -0.700. The molecule has 0 atom stereocenters. The highest BCUT2D eigenvalue weighted by molar-refractivity contribution is 9.10. The minimum absolute atomic E-state index is 0.0180. The summed E-state index contributed by atoms with van der Waals surface area (Å²) in [7, 11) is -3.87. The maximum atomic E-state index is 13.2. The number of halogens is 2. The van der Waals surface area contributed by atoms with Gasteiger partial charge in [-0.2, -0.15) is 0 Å². The first kappa shape index (κ1) is 14.7. The zero-order valence-electron chi connectivity index (χ0n) is 9.99. The van der Waals surface area contributed by atoms with Gasteiger partial charge in [0.25, 0.3) is 0 Å². The number of anilines is 1. The highest BCUT2D eigenvalue weighted by Crippen LogP contribution is 2.31. The molecule has 0 bridgehead atoms. The molecular weight excluding hydrogens is 339 g/mol. The van der Waals surface area contributed by atoms with Gasteiger partial charge in [0.15, 0.2) is 0 Å². The lowest BCUT2D eigenvalue weighted by molar-refractivity contribution is -0.0270. The summed E-state index contributed by atoms with van der Waals surface area (Å²) in [5.41, 5.74) is 4.37. The Morgan fingerprint density at radius 3 is 2.63 bits per heavy atom. The molecule has 0 radical (unpaired) electrons. The maximum Gasteiger partial charge on any atom is 0.242 e. The second-order valence-electron chi connectivity index (χ2n) is 4.71. The minimum Gasteiger partial charge on any atom is -0.398 e. The summed E-state index contributed by atoms with van der Waals surface area (Å²) in [5, 5.41) is 9.86. The predicted molar refractivity (Wildman–Crippen MR) is 72.5 cm³/mol. The van der Waals surface area contributed by atoms with Crippen molar-refractivity contribution in [3.63, 3.8) is 0 Å². The number of hydrogen-bond acceptors (Lipinski definition) is 4. The molecule has 4 N–H and O–H groups in total. The van der Waals surface area contributed by atoms with Crippen LogP contribution in [0.15, 0.2) is 21.5 Å². The molecule has 2 rings (SSSR count). The molecule has 1 fully saturated rings. The summed E-state index contributed by atoms with van der Waals surface area (Å²) in [6.07, 6.45) is 2.01. The van der Waals surface area contributed by atoms with Crippen molar-refractivity contribution in [3.8, 4) is 0 Å². The van der Waals surface area contributed by atoms with Gasteiger partial charge in [-0.15, -0.1) is 0 Å². The van der Waals surface area contributed by atoms with Crippen molar-refractivity contribution in [1.29, 1.82) is 0 Å². The first-order valence-corrected chi connectivity index (χ1v) is 7.98. The van der Waals surface area contributed by atoms with Crippen molar-refractivity contribution in [2.45, 2.75) is 29.8 Å². The van der Waals surface area contributed by atoms with E-state index in [4.69, 9.17) is 5.73 Å². The van der Waals surface area contributed by atoms with Gasteiger partial charge in [0.1, 0.15) is 10.7 Å². The highest BCUT2D eigenvalue weighted by Gasteiger charge is 2.35. The van der Waals surface area contributed by atoms with E-state index in [-0.39, 0.29) is 21.6 Å². The molecule has 1 aliphatic rings. The van der Waals surface area contributed by atoms with Gasteiger partial charge in [-0.25, -0.2) is 17.5 Å². The van der Waals surface area contributed by atoms with Crippen LogP contribution in [0.5, 0.6) is 0 Å². The van der Waals surface area contributed by atoms with Crippen LogP contribution in [0.1, 0.15) is 19.3 Å². The van der Waals surface area contributed by atoms with Gasteiger partial charge in [0.05, 0.1) is 15.8 Å². The molecule has 106 valence electrons. The van der Waals surface area contributed by atoms with Crippen LogP contribution in [-0.4, -0.2) is 25.7 Å². The van der Waals surface area contributed by atoms with Gasteiger partial charge in [-0.1, -0.05) is 0 Å². The molecule has 0 aromatic heterocycles. The molecule has 5 nitrogen and oxygen atoms in total. The van der Waals surface area contributed by atoms with Gasteiger partial charge in [-0.05, 0) is 47.3 Å². The van der Waals surface area contributed by atoms with Crippen LogP contribution in [0.4, 0.5) is 10.1 Å². The van der Waals surface area contributed by atoms with Crippen molar-refractivity contribution >= 4 is 31.6 Å². The normalized spacial score (nSPS) is 18.1. The smallest absolute Gasteiger partial charge is 0.242 e. The Morgan fingerprint density at radius 2 is 2.11 bits per heavy atom. The second kappa shape index (κ2) is 5.01. The van der Waals surface area contributed by atoms with Gasteiger partial charge in [-0.3, -0.25) is 0 Å². The number of nitrogens with one attached hydrogen (secondary N) is 1. The lowest BCUT2D eigenvalue weighted by Crippen LogP contribution is -2.47. The molecule has 0 saturated heterocycles. The summed E-state index contributed by atoms with van der Waals surface area (Å²) >= 11 is 2.92.